The molecule has 0 unspecified atom stereocenters. The normalized spacial score (nSPS) is 10.6. The van der Waals surface area contributed by atoms with Crippen molar-refractivity contribution < 1.29 is 28.2 Å². The minimum absolute atomic E-state index is 0.0718. The Hall–Kier alpha value is -4.53. The third kappa shape index (κ3) is 5.35. The van der Waals surface area contributed by atoms with Crippen LogP contribution >= 0.6 is 0 Å². The van der Waals surface area contributed by atoms with E-state index in [9.17, 15) is 9.59 Å². The number of hydrogen-bond donors (Lipinski definition) is 0. The molecule has 4 rings (SSSR count). The molecule has 4 aromatic rings. The summed E-state index contributed by atoms with van der Waals surface area (Å²) in [6, 6.07) is 18.2. The smallest absolute Gasteiger partial charge is 0.360 e. The highest BCUT2D eigenvalue weighted by Gasteiger charge is 2.23. The van der Waals surface area contributed by atoms with Crippen LogP contribution in [0.2, 0.25) is 0 Å². The Labute approximate surface area is 202 Å². The van der Waals surface area contributed by atoms with E-state index in [1.54, 1.807) is 55.4 Å². The third-order valence-electron chi connectivity index (χ3n) is 5.35. The number of ether oxygens (including phenoxy) is 3. The second kappa shape index (κ2) is 10.6. The Kier molecular flexibility index (Phi) is 7.15. The van der Waals surface area contributed by atoms with E-state index < -0.39 is 12.6 Å². The lowest BCUT2D eigenvalue weighted by atomic mass is 10.1. The molecule has 2 heterocycles. The van der Waals surface area contributed by atoms with E-state index >= 15 is 0 Å². The van der Waals surface area contributed by atoms with Crippen LogP contribution < -0.4 is 9.47 Å². The maximum atomic E-state index is 13.1. The van der Waals surface area contributed by atoms with Gasteiger partial charge in [0.25, 0.3) is 5.91 Å². The first kappa shape index (κ1) is 23.6. The van der Waals surface area contributed by atoms with Crippen LogP contribution in [0.15, 0.2) is 77.5 Å². The monoisotopic (exact) mass is 475 g/mol. The molecule has 0 atom stereocenters. The minimum atomic E-state index is -0.718. The van der Waals surface area contributed by atoms with Gasteiger partial charge in [-0.3, -0.25) is 4.79 Å². The predicted octanol–water partition coefficient (Wildman–Crippen LogP) is 3.96. The number of hydrogen-bond acceptors (Lipinski definition) is 7. The number of carbonyl (C=O) groups excluding carboxylic acids is 2. The SMILES string of the molecule is COc1ccc(-c2cn(-c3ccccc3)nc2C(=O)OCC(=O)N(C)Cc2ccco2)cc1OC. The summed E-state index contributed by atoms with van der Waals surface area (Å²) >= 11 is 0. The van der Waals surface area contributed by atoms with E-state index in [4.69, 9.17) is 18.6 Å². The lowest BCUT2D eigenvalue weighted by Crippen LogP contribution is -2.30. The molecule has 0 aliphatic rings. The first-order valence-electron chi connectivity index (χ1n) is 10.8. The molecule has 0 saturated heterocycles. The molecule has 180 valence electrons. The van der Waals surface area contributed by atoms with E-state index in [-0.39, 0.29) is 18.1 Å². The summed E-state index contributed by atoms with van der Waals surface area (Å²) in [6.07, 6.45) is 3.27. The van der Waals surface area contributed by atoms with Crippen LogP contribution in [-0.2, 0) is 16.1 Å². The van der Waals surface area contributed by atoms with Crippen molar-refractivity contribution in [2.45, 2.75) is 6.54 Å². The summed E-state index contributed by atoms with van der Waals surface area (Å²) in [5, 5.41) is 4.47. The standard InChI is InChI=1S/C26H25N3O6/c1-28(15-20-10-7-13-34-20)24(30)17-35-26(31)25-21(16-29(27-25)19-8-5-4-6-9-19)18-11-12-22(32-2)23(14-18)33-3/h4-14,16H,15,17H2,1-3H3. The Bertz CT molecular complexity index is 1300. The van der Waals surface area contributed by atoms with Crippen LogP contribution in [0.4, 0.5) is 0 Å². The fraction of sp³-hybridized carbons (Fsp3) is 0.192. The molecule has 9 heteroatoms. The molecule has 2 aromatic heterocycles. The topological polar surface area (TPSA) is 96.0 Å². The van der Waals surface area contributed by atoms with Gasteiger partial charge < -0.3 is 23.5 Å². The van der Waals surface area contributed by atoms with Crippen LogP contribution in [0, 0.1) is 0 Å². The van der Waals surface area contributed by atoms with Crippen molar-refractivity contribution in [3.63, 3.8) is 0 Å². The zero-order valence-electron chi connectivity index (χ0n) is 19.6. The first-order chi connectivity index (χ1) is 17.0. The summed E-state index contributed by atoms with van der Waals surface area (Å²) in [5.41, 5.74) is 2.04. The average Bonchev–Trinajstić information content (AvgIpc) is 3.57. The van der Waals surface area contributed by atoms with E-state index in [2.05, 4.69) is 5.10 Å². The molecule has 1 amide bonds. The number of esters is 1. The lowest BCUT2D eigenvalue weighted by molar-refractivity contribution is -0.134. The molecule has 0 bridgehead atoms. The number of aromatic nitrogens is 2. The summed E-state index contributed by atoms with van der Waals surface area (Å²) in [4.78, 5) is 27.0. The number of amides is 1. The molecule has 9 nitrogen and oxygen atoms in total. The molecule has 0 fully saturated rings. The van der Waals surface area contributed by atoms with Gasteiger partial charge in [0.1, 0.15) is 5.76 Å². The predicted molar refractivity (Wildman–Crippen MR) is 128 cm³/mol. The van der Waals surface area contributed by atoms with Crippen molar-refractivity contribution in [2.75, 3.05) is 27.9 Å². The zero-order valence-corrected chi connectivity index (χ0v) is 19.6. The molecule has 0 aliphatic heterocycles. The third-order valence-corrected chi connectivity index (χ3v) is 5.35. The molecular weight excluding hydrogens is 450 g/mol. The van der Waals surface area contributed by atoms with Gasteiger partial charge in [0.05, 0.1) is 32.7 Å². The van der Waals surface area contributed by atoms with E-state index in [1.807, 2.05) is 30.3 Å². The molecule has 0 N–H and O–H groups in total. The second-order valence-corrected chi connectivity index (χ2v) is 7.65. The number of rotatable bonds is 9. The number of benzene rings is 2. The van der Waals surface area contributed by atoms with Crippen molar-refractivity contribution >= 4 is 11.9 Å². The van der Waals surface area contributed by atoms with Crippen molar-refractivity contribution in [2.24, 2.45) is 0 Å². The molecule has 2 aromatic carbocycles. The number of likely N-dealkylation sites (N-methyl/N-ethyl adjacent to an activating group) is 1. The van der Waals surface area contributed by atoms with Gasteiger partial charge in [0.15, 0.2) is 23.8 Å². The first-order valence-corrected chi connectivity index (χ1v) is 10.8. The van der Waals surface area contributed by atoms with Gasteiger partial charge in [-0.2, -0.15) is 5.10 Å². The Balaban J connectivity index is 1.59. The summed E-state index contributed by atoms with van der Waals surface area (Å²) in [7, 11) is 4.70. The quantitative estimate of drug-likeness (QED) is 0.338. The fourth-order valence-electron chi connectivity index (χ4n) is 3.48. The van der Waals surface area contributed by atoms with Crippen LogP contribution in [-0.4, -0.2) is 54.4 Å². The van der Waals surface area contributed by atoms with Gasteiger partial charge in [-0.05, 0) is 42.0 Å². The minimum Gasteiger partial charge on any atom is -0.493 e. The van der Waals surface area contributed by atoms with Crippen molar-refractivity contribution in [1.29, 1.82) is 0 Å². The van der Waals surface area contributed by atoms with Crippen molar-refractivity contribution in [1.82, 2.24) is 14.7 Å². The van der Waals surface area contributed by atoms with Gasteiger partial charge in [0, 0.05) is 18.8 Å². The number of carbonyl (C=O) groups is 2. The Morgan fingerprint density at radius 2 is 1.77 bits per heavy atom. The molecule has 0 spiro atoms. The Morgan fingerprint density at radius 1 is 1.00 bits per heavy atom. The molecule has 0 aliphatic carbocycles. The molecular formula is C26H25N3O6. The Morgan fingerprint density at radius 3 is 2.46 bits per heavy atom. The number of para-hydroxylation sites is 1. The highest BCUT2D eigenvalue weighted by Crippen LogP contribution is 2.34. The van der Waals surface area contributed by atoms with Crippen molar-refractivity contribution in [3.05, 3.63) is 84.6 Å². The van der Waals surface area contributed by atoms with Gasteiger partial charge in [0.2, 0.25) is 0 Å². The lowest BCUT2D eigenvalue weighted by Gasteiger charge is -2.15. The largest absolute Gasteiger partial charge is 0.493 e. The summed E-state index contributed by atoms with van der Waals surface area (Å²) in [5.74, 6) is 0.603. The maximum absolute atomic E-state index is 13.1. The van der Waals surface area contributed by atoms with Gasteiger partial charge in [-0.1, -0.05) is 24.3 Å². The molecule has 0 radical (unpaired) electrons. The van der Waals surface area contributed by atoms with Crippen LogP contribution in [0.3, 0.4) is 0 Å². The molecule has 35 heavy (non-hydrogen) atoms. The van der Waals surface area contributed by atoms with Crippen LogP contribution in [0.5, 0.6) is 11.5 Å². The van der Waals surface area contributed by atoms with Gasteiger partial charge in [-0.15, -0.1) is 0 Å². The highest BCUT2D eigenvalue weighted by molar-refractivity contribution is 5.96. The number of methoxy groups -OCH3 is 2. The van der Waals surface area contributed by atoms with Crippen molar-refractivity contribution in [3.8, 4) is 28.3 Å². The molecule has 0 saturated carbocycles. The second-order valence-electron chi connectivity index (χ2n) is 7.65. The number of furan rings is 1. The number of nitrogens with zero attached hydrogens (tertiary/aromatic N) is 3. The van der Waals surface area contributed by atoms with Crippen LogP contribution in [0.25, 0.3) is 16.8 Å². The zero-order chi connectivity index (χ0) is 24.8. The fourth-order valence-corrected chi connectivity index (χ4v) is 3.48. The van der Waals surface area contributed by atoms with E-state index in [1.165, 1.54) is 18.3 Å². The van der Waals surface area contributed by atoms with E-state index in [0.29, 0.717) is 28.4 Å². The summed E-state index contributed by atoms with van der Waals surface area (Å²) < 4.78 is 22.9. The van der Waals surface area contributed by atoms with Gasteiger partial charge in [-0.25, -0.2) is 9.48 Å². The maximum Gasteiger partial charge on any atom is 0.360 e. The highest BCUT2D eigenvalue weighted by atomic mass is 16.5. The van der Waals surface area contributed by atoms with Gasteiger partial charge >= 0.3 is 5.97 Å². The summed E-state index contributed by atoms with van der Waals surface area (Å²) in [6.45, 7) is -0.164. The van der Waals surface area contributed by atoms with E-state index in [0.717, 1.165) is 5.69 Å². The van der Waals surface area contributed by atoms with Crippen LogP contribution in [0.1, 0.15) is 16.2 Å². The average molecular weight is 476 g/mol.